The van der Waals surface area contributed by atoms with Crippen molar-refractivity contribution in [2.45, 2.75) is 50.4 Å². The van der Waals surface area contributed by atoms with E-state index in [0.717, 1.165) is 52.7 Å². The summed E-state index contributed by atoms with van der Waals surface area (Å²) < 4.78 is 48.9. The standard InChI is InChI=1S/C32H36N2O6S/c1-22-8-15-28(20-31(22)39-32-7-5-6-18-37-32)41(35,36)40-23(2)21-38-27-14-17-30-25(19-27)11-16-29(33-30)24-9-12-26(13-10-24)34(3)4/h8-17,19-20,23,32H,5-7,18,21H2,1-4H3. The van der Waals surface area contributed by atoms with Crippen LogP contribution in [-0.4, -0.2) is 53.1 Å². The zero-order valence-corrected chi connectivity index (χ0v) is 24.7. The third kappa shape index (κ3) is 7.16. The lowest BCUT2D eigenvalue weighted by molar-refractivity contribution is -0.106. The van der Waals surface area contributed by atoms with Crippen LogP contribution in [0.5, 0.6) is 11.5 Å². The monoisotopic (exact) mass is 576 g/mol. The van der Waals surface area contributed by atoms with Gasteiger partial charge in [-0.1, -0.05) is 24.3 Å². The normalized spacial score (nSPS) is 16.3. The van der Waals surface area contributed by atoms with E-state index >= 15 is 0 Å². The van der Waals surface area contributed by atoms with Crippen LogP contribution >= 0.6 is 0 Å². The number of aryl methyl sites for hydroxylation is 1. The smallest absolute Gasteiger partial charge is 0.297 e. The Morgan fingerprint density at radius 2 is 1.80 bits per heavy atom. The predicted octanol–water partition coefficient (Wildman–Crippen LogP) is 6.35. The van der Waals surface area contributed by atoms with Crippen LogP contribution < -0.4 is 14.4 Å². The predicted molar refractivity (Wildman–Crippen MR) is 160 cm³/mol. The third-order valence-electron chi connectivity index (χ3n) is 6.96. The minimum absolute atomic E-state index is 0.0321. The third-order valence-corrected chi connectivity index (χ3v) is 8.37. The Morgan fingerprint density at radius 1 is 1.00 bits per heavy atom. The van der Waals surface area contributed by atoms with E-state index in [0.29, 0.717) is 18.1 Å². The fourth-order valence-corrected chi connectivity index (χ4v) is 5.69. The minimum Gasteiger partial charge on any atom is -0.491 e. The van der Waals surface area contributed by atoms with Gasteiger partial charge >= 0.3 is 0 Å². The van der Waals surface area contributed by atoms with Gasteiger partial charge in [0.05, 0.1) is 22.7 Å². The lowest BCUT2D eigenvalue weighted by atomic mass is 10.1. The van der Waals surface area contributed by atoms with Gasteiger partial charge in [-0.15, -0.1) is 0 Å². The molecule has 0 spiro atoms. The molecule has 41 heavy (non-hydrogen) atoms. The summed E-state index contributed by atoms with van der Waals surface area (Å²) in [6, 6.07) is 22.6. The first kappa shape index (κ1) is 28.9. The number of aromatic nitrogens is 1. The largest absolute Gasteiger partial charge is 0.491 e. The number of anilines is 1. The first-order chi connectivity index (χ1) is 19.7. The molecule has 2 unspecified atom stereocenters. The molecule has 1 aliphatic heterocycles. The van der Waals surface area contributed by atoms with Crippen LogP contribution in [0.25, 0.3) is 22.2 Å². The molecular weight excluding hydrogens is 540 g/mol. The zero-order chi connectivity index (χ0) is 29.0. The number of nitrogens with zero attached hydrogens (tertiary/aromatic N) is 2. The number of hydrogen-bond acceptors (Lipinski definition) is 8. The van der Waals surface area contributed by atoms with Crippen LogP contribution in [0, 0.1) is 6.92 Å². The van der Waals surface area contributed by atoms with Crippen molar-refractivity contribution in [1.29, 1.82) is 0 Å². The highest BCUT2D eigenvalue weighted by molar-refractivity contribution is 7.86. The van der Waals surface area contributed by atoms with E-state index in [1.54, 1.807) is 13.0 Å². The molecule has 0 radical (unpaired) electrons. The highest BCUT2D eigenvalue weighted by atomic mass is 32.2. The molecule has 8 nitrogen and oxygen atoms in total. The van der Waals surface area contributed by atoms with Crippen molar-refractivity contribution in [3.8, 4) is 22.8 Å². The van der Waals surface area contributed by atoms with Gasteiger partial charge in [-0.25, -0.2) is 4.98 Å². The van der Waals surface area contributed by atoms with Gasteiger partial charge in [-0.2, -0.15) is 8.42 Å². The SMILES string of the molecule is Cc1ccc(S(=O)(=O)OC(C)COc2ccc3nc(-c4ccc(N(C)C)cc4)ccc3c2)cc1OC1CCCCO1. The highest BCUT2D eigenvalue weighted by Crippen LogP contribution is 2.28. The number of hydrogen-bond donors (Lipinski definition) is 0. The van der Waals surface area contributed by atoms with Crippen molar-refractivity contribution < 1.29 is 26.8 Å². The second-order valence-corrected chi connectivity index (χ2v) is 12.1. The zero-order valence-electron chi connectivity index (χ0n) is 23.9. The molecule has 0 N–H and O–H groups in total. The number of ether oxygens (including phenoxy) is 3. The van der Waals surface area contributed by atoms with Crippen molar-refractivity contribution in [2.75, 3.05) is 32.2 Å². The number of fused-ring (bicyclic) bond motifs is 1. The molecule has 2 atom stereocenters. The summed E-state index contributed by atoms with van der Waals surface area (Å²) in [6.45, 7) is 4.23. The summed E-state index contributed by atoms with van der Waals surface area (Å²) in [4.78, 5) is 6.89. The molecular formula is C32H36N2O6S. The second-order valence-electron chi connectivity index (χ2n) is 10.5. The molecule has 0 amide bonds. The summed E-state index contributed by atoms with van der Waals surface area (Å²) >= 11 is 0. The maximum absolute atomic E-state index is 13.0. The average Bonchev–Trinajstić information content (AvgIpc) is 2.97. The minimum atomic E-state index is -4.03. The van der Waals surface area contributed by atoms with Crippen LogP contribution in [0.4, 0.5) is 5.69 Å². The van der Waals surface area contributed by atoms with Crippen LogP contribution in [0.1, 0.15) is 31.7 Å². The van der Waals surface area contributed by atoms with E-state index in [2.05, 4.69) is 29.2 Å². The van der Waals surface area contributed by atoms with E-state index in [1.807, 2.05) is 51.4 Å². The summed E-state index contributed by atoms with van der Waals surface area (Å²) in [5.41, 5.74) is 4.73. The molecule has 2 heterocycles. The van der Waals surface area contributed by atoms with Gasteiger partial charge in [0.15, 0.2) is 6.29 Å². The Balaban J connectivity index is 1.21. The van der Waals surface area contributed by atoms with E-state index in [1.165, 1.54) is 12.1 Å². The van der Waals surface area contributed by atoms with E-state index in [4.69, 9.17) is 23.4 Å². The van der Waals surface area contributed by atoms with Crippen molar-refractivity contribution in [3.63, 3.8) is 0 Å². The Kier molecular flexibility index (Phi) is 8.77. The Bertz CT molecular complexity index is 1600. The van der Waals surface area contributed by atoms with E-state index in [-0.39, 0.29) is 17.8 Å². The summed E-state index contributed by atoms with van der Waals surface area (Å²) in [5.74, 6) is 1.08. The quantitative estimate of drug-likeness (QED) is 0.202. The molecule has 1 saturated heterocycles. The fraction of sp³-hybridized carbons (Fsp3) is 0.344. The summed E-state index contributed by atoms with van der Waals surface area (Å²) in [7, 11) is -0.00657. The lowest BCUT2D eigenvalue weighted by Crippen LogP contribution is -2.25. The lowest BCUT2D eigenvalue weighted by Gasteiger charge is -2.24. The summed E-state index contributed by atoms with van der Waals surface area (Å²) in [5, 5.41) is 0.923. The van der Waals surface area contributed by atoms with Crippen molar-refractivity contribution in [3.05, 3.63) is 78.4 Å². The molecule has 3 aromatic carbocycles. The van der Waals surface area contributed by atoms with E-state index < -0.39 is 16.2 Å². The highest BCUT2D eigenvalue weighted by Gasteiger charge is 2.23. The van der Waals surface area contributed by atoms with Gasteiger partial charge in [-0.05, 0) is 74.7 Å². The van der Waals surface area contributed by atoms with Gasteiger partial charge in [0, 0.05) is 43.2 Å². The van der Waals surface area contributed by atoms with Crippen LogP contribution in [-0.2, 0) is 19.0 Å². The van der Waals surface area contributed by atoms with Gasteiger partial charge < -0.3 is 19.1 Å². The molecule has 216 valence electrons. The van der Waals surface area contributed by atoms with Gasteiger partial charge in [0.25, 0.3) is 10.1 Å². The molecule has 0 bridgehead atoms. The Morgan fingerprint density at radius 3 is 2.54 bits per heavy atom. The molecule has 1 fully saturated rings. The Labute approximate surface area is 242 Å². The molecule has 0 saturated carbocycles. The molecule has 1 aliphatic rings. The first-order valence-electron chi connectivity index (χ1n) is 13.8. The molecule has 5 rings (SSSR count). The summed E-state index contributed by atoms with van der Waals surface area (Å²) in [6.07, 6.45) is 1.71. The molecule has 4 aromatic rings. The van der Waals surface area contributed by atoms with Gasteiger partial charge in [-0.3, -0.25) is 4.18 Å². The maximum Gasteiger partial charge on any atom is 0.297 e. The topological polar surface area (TPSA) is 87.2 Å². The van der Waals surface area contributed by atoms with Gasteiger partial charge in [0.1, 0.15) is 24.2 Å². The molecule has 0 aliphatic carbocycles. The fourth-order valence-electron chi connectivity index (χ4n) is 4.61. The number of pyridine rings is 1. The molecule has 1 aromatic heterocycles. The van der Waals surface area contributed by atoms with Crippen LogP contribution in [0.2, 0.25) is 0 Å². The van der Waals surface area contributed by atoms with Gasteiger partial charge in [0.2, 0.25) is 0 Å². The Hall–Kier alpha value is -3.66. The van der Waals surface area contributed by atoms with Crippen molar-refractivity contribution in [1.82, 2.24) is 4.98 Å². The van der Waals surface area contributed by atoms with Crippen LogP contribution in [0.15, 0.2) is 77.7 Å². The molecule has 9 heteroatoms. The average molecular weight is 577 g/mol. The first-order valence-corrected chi connectivity index (χ1v) is 15.2. The van der Waals surface area contributed by atoms with Crippen molar-refractivity contribution in [2.24, 2.45) is 0 Å². The van der Waals surface area contributed by atoms with Crippen LogP contribution in [0.3, 0.4) is 0 Å². The number of benzene rings is 3. The van der Waals surface area contributed by atoms with E-state index in [9.17, 15) is 8.42 Å². The number of rotatable bonds is 10. The van der Waals surface area contributed by atoms with Crippen molar-refractivity contribution >= 4 is 26.7 Å². The maximum atomic E-state index is 13.0. The second kappa shape index (κ2) is 12.5.